The van der Waals surface area contributed by atoms with Crippen LogP contribution in [0.4, 0.5) is 11.5 Å². The zero-order valence-corrected chi connectivity index (χ0v) is 17.2. The third-order valence-electron chi connectivity index (χ3n) is 3.83. The number of halogens is 1. The van der Waals surface area contributed by atoms with Gasteiger partial charge in [0.05, 0.1) is 12.4 Å². The second kappa shape index (κ2) is 7.23. The Bertz CT molecular complexity index is 786. The van der Waals surface area contributed by atoms with Crippen molar-refractivity contribution in [1.29, 1.82) is 0 Å². The van der Waals surface area contributed by atoms with Crippen LogP contribution in [0.2, 0.25) is 5.15 Å². The predicted octanol–water partition coefficient (Wildman–Crippen LogP) is 5.39. The number of hydrogen-bond donors (Lipinski definition) is 1. The molecule has 2 rings (SSSR count). The van der Waals surface area contributed by atoms with Crippen LogP contribution in [0.25, 0.3) is 0 Å². The summed E-state index contributed by atoms with van der Waals surface area (Å²) in [7, 11) is 0. The molecule has 6 heteroatoms. The minimum Gasteiger partial charge on any atom is -0.426 e. The van der Waals surface area contributed by atoms with Gasteiger partial charge in [0.15, 0.2) is 5.82 Å². The Morgan fingerprint density at radius 3 is 2.00 bits per heavy atom. The highest BCUT2D eigenvalue weighted by molar-refractivity contribution is 6.29. The zero-order valence-electron chi connectivity index (χ0n) is 16.4. The van der Waals surface area contributed by atoms with E-state index in [0.29, 0.717) is 16.7 Å². The molecule has 0 aliphatic carbocycles. The van der Waals surface area contributed by atoms with Gasteiger partial charge in [-0.25, -0.2) is 4.98 Å². The van der Waals surface area contributed by atoms with Crippen LogP contribution in [-0.2, 0) is 15.6 Å². The van der Waals surface area contributed by atoms with Crippen molar-refractivity contribution in [3.8, 4) is 5.75 Å². The molecule has 0 spiro atoms. The quantitative estimate of drug-likeness (QED) is 0.575. The van der Waals surface area contributed by atoms with Crippen molar-refractivity contribution in [1.82, 2.24) is 9.97 Å². The van der Waals surface area contributed by atoms with Crippen LogP contribution in [0, 0.1) is 0 Å². The van der Waals surface area contributed by atoms with Gasteiger partial charge in [-0.1, -0.05) is 53.1 Å². The molecule has 140 valence electrons. The Morgan fingerprint density at radius 1 is 1.04 bits per heavy atom. The molecule has 0 radical (unpaired) electrons. The molecule has 0 aliphatic heterocycles. The molecular formula is C20H26ClN3O2. The van der Waals surface area contributed by atoms with Crippen LogP contribution in [0.3, 0.4) is 0 Å². The summed E-state index contributed by atoms with van der Waals surface area (Å²) in [5.41, 5.74) is 2.29. The van der Waals surface area contributed by atoms with Crippen LogP contribution in [0.5, 0.6) is 5.75 Å². The highest BCUT2D eigenvalue weighted by Gasteiger charge is 2.29. The average Bonchev–Trinajstić information content (AvgIpc) is 2.45. The second-order valence-electron chi connectivity index (χ2n) is 8.35. The maximum Gasteiger partial charge on any atom is 0.308 e. The van der Waals surface area contributed by atoms with Gasteiger partial charge in [0.1, 0.15) is 10.9 Å². The molecule has 1 aromatic carbocycles. The molecular weight excluding hydrogens is 350 g/mol. The Labute approximate surface area is 160 Å². The summed E-state index contributed by atoms with van der Waals surface area (Å²) in [4.78, 5) is 20.0. The molecule has 1 N–H and O–H groups in total. The fourth-order valence-electron chi connectivity index (χ4n) is 2.62. The smallest absolute Gasteiger partial charge is 0.308 e. The number of nitrogens with zero attached hydrogens (tertiary/aromatic N) is 2. The van der Waals surface area contributed by atoms with Gasteiger partial charge in [0.25, 0.3) is 0 Å². The average molecular weight is 376 g/mol. The lowest BCUT2D eigenvalue weighted by atomic mass is 9.79. The summed E-state index contributed by atoms with van der Waals surface area (Å²) in [5.74, 6) is 0.847. The maximum absolute atomic E-state index is 11.7. The molecule has 26 heavy (non-hydrogen) atoms. The number of nitrogens with one attached hydrogen (secondary N) is 1. The molecule has 5 nitrogen and oxygen atoms in total. The molecule has 1 aromatic heterocycles. The standard InChI is InChI=1S/C20H26ClN3O2/c1-12(25)26-18-14(19(2,3)4)8-13(9-15(18)20(5,6)7)23-17-11-22-10-16(21)24-17/h8-11H,1-7H3,(H,23,24). The first-order valence-corrected chi connectivity index (χ1v) is 8.87. The first-order valence-electron chi connectivity index (χ1n) is 8.50. The van der Waals surface area contributed by atoms with E-state index in [0.717, 1.165) is 16.8 Å². The van der Waals surface area contributed by atoms with E-state index in [1.807, 2.05) is 12.1 Å². The molecule has 0 bridgehead atoms. The Balaban J connectivity index is 2.66. The molecule has 0 saturated heterocycles. The number of anilines is 2. The van der Waals surface area contributed by atoms with Crippen molar-refractivity contribution in [3.05, 3.63) is 40.8 Å². The van der Waals surface area contributed by atoms with E-state index in [9.17, 15) is 4.79 Å². The van der Waals surface area contributed by atoms with Crippen LogP contribution in [0.15, 0.2) is 24.5 Å². The lowest BCUT2D eigenvalue weighted by Crippen LogP contribution is -2.21. The van der Waals surface area contributed by atoms with Crippen molar-refractivity contribution in [3.63, 3.8) is 0 Å². The Morgan fingerprint density at radius 2 is 1.58 bits per heavy atom. The molecule has 0 amide bonds. The minimum atomic E-state index is -0.331. The number of carbonyl (C=O) groups is 1. The van der Waals surface area contributed by atoms with Crippen LogP contribution < -0.4 is 10.1 Å². The van der Waals surface area contributed by atoms with Gasteiger partial charge in [-0.15, -0.1) is 0 Å². The van der Waals surface area contributed by atoms with Crippen LogP contribution in [-0.4, -0.2) is 15.9 Å². The molecule has 1 heterocycles. The van der Waals surface area contributed by atoms with Gasteiger partial charge in [-0.2, -0.15) is 0 Å². The molecule has 0 aliphatic rings. The van der Waals surface area contributed by atoms with Gasteiger partial charge in [-0.3, -0.25) is 9.78 Å². The molecule has 0 fully saturated rings. The van der Waals surface area contributed by atoms with E-state index in [-0.39, 0.29) is 16.8 Å². The number of carbonyl (C=O) groups excluding carboxylic acids is 1. The van der Waals surface area contributed by atoms with E-state index in [2.05, 4.69) is 56.8 Å². The van der Waals surface area contributed by atoms with Crippen molar-refractivity contribution in [2.24, 2.45) is 0 Å². The summed E-state index contributed by atoms with van der Waals surface area (Å²) >= 11 is 5.93. The number of rotatable bonds is 3. The van der Waals surface area contributed by atoms with Crippen LogP contribution >= 0.6 is 11.6 Å². The largest absolute Gasteiger partial charge is 0.426 e. The summed E-state index contributed by atoms with van der Waals surface area (Å²) in [6.07, 6.45) is 3.09. The van der Waals surface area contributed by atoms with E-state index < -0.39 is 0 Å². The third-order valence-corrected chi connectivity index (χ3v) is 4.01. The minimum absolute atomic E-state index is 0.220. The number of hydrogen-bond acceptors (Lipinski definition) is 5. The van der Waals surface area contributed by atoms with E-state index >= 15 is 0 Å². The van der Waals surface area contributed by atoms with Gasteiger partial charge < -0.3 is 10.1 Å². The number of ether oxygens (including phenoxy) is 1. The second-order valence-corrected chi connectivity index (χ2v) is 8.73. The molecule has 0 saturated carbocycles. The van der Waals surface area contributed by atoms with Crippen LogP contribution in [0.1, 0.15) is 59.6 Å². The zero-order chi connectivity index (χ0) is 19.7. The fraction of sp³-hybridized carbons (Fsp3) is 0.450. The van der Waals surface area contributed by atoms with Crippen molar-refractivity contribution < 1.29 is 9.53 Å². The SMILES string of the molecule is CC(=O)Oc1c(C(C)(C)C)cc(Nc2cncc(Cl)n2)cc1C(C)(C)C. The van der Waals surface area contributed by atoms with Gasteiger partial charge in [0, 0.05) is 23.7 Å². The van der Waals surface area contributed by atoms with Gasteiger partial charge in [-0.05, 0) is 23.0 Å². The Hall–Kier alpha value is -2.14. The fourth-order valence-corrected chi connectivity index (χ4v) is 2.77. The normalized spacial score (nSPS) is 12.0. The summed E-state index contributed by atoms with van der Waals surface area (Å²) in [5, 5.41) is 3.57. The molecule has 0 unspecified atom stereocenters. The Kier molecular flexibility index (Phi) is 5.61. The predicted molar refractivity (Wildman–Crippen MR) is 105 cm³/mol. The summed E-state index contributed by atoms with van der Waals surface area (Å²) in [6.45, 7) is 14.0. The van der Waals surface area contributed by atoms with Crippen molar-refractivity contribution >= 4 is 29.1 Å². The third kappa shape index (κ3) is 4.94. The lowest BCUT2D eigenvalue weighted by Gasteiger charge is -2.30. The monoisotopic (exact) mass is 375 g/mol. The van der Waals surface area contributed by atoms with Gasteiger partial charge in [0.2, 0.25) is 0 Å². The molecule has 2 aromatic rings. The van der Waals surface area contributed by atoms with Gasteiger partial charge >= 0.3 is 5.97 Å². The first kappa shape index (κ1) is 20.2. The van der Waals surface area contributed by atoms with E-state index in [1.54, 1.807) is 6.20 Å². The summed E-state index contributed by atoms with van der Waals surface area (Å²) in [6, 6.07) is 3.96. The number of benzene rings is 1. The van der Waals surface area contributed by atoms with E-state index in [4.69, 9.17) is 16.3 Å². The first-order chi connectivity index (χ1) is 11.9. The van der Waals surface area contributed by atoms with E-state index in [1.165, 1.54) is 13.1 Å². The van der Waals surface area contributed by atoms with Crippen molar-refractivity contribution in [2.75, 3.05) is 5.32 Å². The summed E-state index contributed by atoms with van der Waals surface area (Å²) < 4.78 is 5.64. The topological polar surface area (TPSA) is 64.1 Å². The number of aromatic nitrogens is 2. The lowest BCUT2D eigenvalue weighted by molar-refractivity contribution is -0.132. The molecule has 0 atom stereocenters. The maximum atomic E-state index is 11.7. The van der Waals surface area contributed by atoms with Crippen molar-refractivity contribution in [2.45, 2.75) is 59.3 Å². The number of esters is 1. The highest BCUT2D eigenvalue weighted by atomic mass is 35.5. The highest BCUT2D eigenvalue weighted by Crippen LogP contribution is 2.42.